The third kappa shape index (κ3) is 5.38. The van der Waals surface area contributed by atoms with E-state index in [2.05, 4.69) is 42.7 Å². The van der Waals surface area contributed by atoms with Crippen LogP contribution < -0.4 is 21.5 Å². The molecule has 3 N–H and O–H groups in total. The molecule has 0 aliphatic carbocycles. The van der Waals surface area contributed by atoms with Gasteiger partial charge in [0, 0.05) is 40.4 Å². The minimum Gasteiger partial charge on any atom is -0.446 e. The third-order valence-corrected chi connectivity index (χ3v) is 7.36. The van der Waals surface area contributed by atoms with Crippen LogP contribution in [-0.2, 0) is 6.54 Å². The van der Waals surface area contributed by atoms with Crippen LogP contribution in [0.2, 0.25) is 0 Å². The predicted octanol–water partition coefficient (Wildman–Crippen LogP) is 3.82. The molecule has 6 rings (SSSR count). The largest absolute Gasteiger partial charge is 0.446 e. The number of nitrogens with one attached hydrogen (secondary N) is 3. The van der Waals surface area contributed by atoms with Crippen molar-refractivity contribution >= 4 is 39.7 Å². The topological polar surface area (TPSA) is 123 Å². The Balaban J connectivity index is 1.34. The molecule has 1 atom stereocenters. The standard InChI is InChI=1S/C28H26N8O2S/c1-17-25(38-15-31-17)14-36-26-20(11-19(27(36)37)3-8-24-18(2)39-16-32-24)12-30-28(35-26)34-22-6-4-21(5-7-22)33-23-9-10-29-13-23/h4-7,11-12,15-16,23,29,33H,9-10,13-14H2,1-2H3,(H,30,34,35). The van der Waals surface area contributed by atoms with Crippen molar-refractivity contribution < 1.29 is 4.42 Å². The van der Waals surface area contributed by atoms with Crippen LogP contribution in [0.3, 0.4) is 0 Å². The lowest BCUT2D eigenvalue weighted by molar-refractivity contribution is 0.486. The summed E-state index contributed by atoms with van der Waals surface area (Å²) < 4.78 is 7.10. The van der Waals surface area contributed by atoms with Gasteiger partial charge in [-0.25, -0.2) is 15.0 Å². The van der Waals surface area contributed by atoms with Gasteiger partial charge < -0.3 is 20.4 Å². The van der Waals surface area contributed by atoms with Crippen LogP contribution in [-0.4, -0.2) is 43.6 Å². The molecule has 1 unspecified atom stereocenters. The molecule has 5 heterocycles. The highest BCUT2D eigenvalue weighted by molar-refractivity contribution is 7.09. The summed E-state index contributed by atoms with van der Waals surface area (Å²) >= 11 is 1.51. The van der Waals surface area contributed by atoms with Gasteiger partial charge in [0.1, 0.15) is 17.1 Å². The van der Waals surface area contributed by atoms with Crippen molar-refractivity contribution in [3.8, 4) is 11.8 Å². The van der Waals surface area contributed by atoms with Gasteiger partial charge in [-0.15, -0.1) is 11.3 Å². The van der Waals surface area contributed by atoms with Gasteiger partial charge in [-0.1, -0.05) is 5.92 Å². The second kappa shape index (κ2) is 10.7. The van der Waals surface area contributed by atoms with Gasteiger partial charge in [-0.3, -0.25) is 9.36 Å². The Hall–Kier alpha value is -4.53. The molecule has 1 saturated heterocycles. The molecule has 0 spiro atoms. The Labute approximate surface area is 228 Å². The van der Waals surface area contributed by atoms with Gasteiger partial charge >= 0.3 is 0 Å². The number of nitrogens with zero attached hydrogens (tertiary/aromatic N) is 5. The van der Waals surface area contributed by atoms with Crippen LogP contribution in [0, 0.1) is 25.7 Å². The fraction of sp³-hybridized carbons (Fsp3) is 0.250. The van der Waals surface area contributed by atoms with E-state index >= 15 is 0 Å². The Bertz CT molecular complexity index is 1750. The molecule has 11 heteroatoms. The minimum atomic E-state index is -0.278. The number of benzene rings is 1. The zero-order valence-corrected chi connectivity index (χ0v) is 22.3. The molecule has 0 bridgehead atoms. The lowest BCUT2D eigenvalue weighted by Crippen LogP contribution is -2.24. The molecule has 0 amide bonds. The molecule has 0 saturated carbocycles. The number of hydrogen-bond donors (Lipinski definition) is 3. The van der Waals surface area contributed by atoms with E-state index in [4.69, 9.17) is 9.40 Å². The first kappa shape index (κ1) is 24.8. The number of oxazole rings is 1. The monoisotopic (exact) mass is 538 g/mol. The minimum absolute atomic E-state index is 0.166. The smallest absolute Gasteiger partial charge is 0.268 e. The molecule has 5 aromatic rings. The Kier molecular flexibility index (Phi) is 6.79. The fourth-order valence-corrected chi connectivity index (χ4v) is 4.95. The van der Waals surface area contributed by atoms with E-state index < -0.39 is 0 Å². The van der Waals surface area contributed by atoms with E-state index in [9.17, 15) is 4.79 Å². The summed E-state index contributed by atoms with van der Waals surface area (Å²) in [6.07, 6.45) is 4.17. The number of anilines is 3. The van der Waals surface area contributed by atoms with Crippen LogP contribution in [0.25, 0.3) is 11.0 Å². The Morgan fingerprint density at radius 1 is 1.15 bits per heavy atom. The molecule has 0 radical (unpaired) electrons. The summed E-state index contributed by atoms with van der Waals surface area (Å²) in [5.41, 5.74) is 5.53. The maximum atomic E-state index is 13.6. The molecule has 10 nitrogen and oxygen atoms in total. The van der Waals surface area contributed by atoms with Crippen LogP contribution in [0.4, 0.5) is 17.3 Å². The maximum Gasteiger partial charge on any atom is 0.268 e. The van der Waals surface area contributed by atoms with Crippen molar-refractivity contribution in [3.05, 3.63) is 86.4 Å². The molecule has 1 aliphatic rings. The van der Waals surface area contributed by atoms with Crippen LogP contribution in [0.15, 0.2) is 57.6 Å². The summed E-state index contributed by atoms with van der Waals surface area (Å²) in [5, 5.41) is 10.8. The first-order valence-corrected chi connectivity index (χ1v) is 13.5. The van der Waals surface area contributed by atoms with Gasteiger partial charge in [-0.2, -0.15) is 4.98 Å². The molecule has 1 aromatic carbocycles. The molecule has 39 heavy (non-hydrogen) atoms. The van der Waals surface area contributed by atoms with E-state index in [1.54, 1.807) is 22.3 Å². The molecular weight excluding hydrogens is 512 g/mol. The normalized spacial score (nSPS) is 14.8. The lowest BCUT2D eigenvalue weighted by Gasteiger charge is -2.14. The highest BCUT2D eigenvalue weighted by atomic mass is 32.1. The number of rotatable bonds is 6. The Morgan fingerprint density at radius 2 is 2.00 bits per heavy atom. The van der Waals surface area contributed by atoms with Crippen molar-refractivity contribution in [1.29, 1.82) is 0 Å². The second-order valence-electron chi connectivity index (χ2n) is 9.33. The first-order chi connectivity index (χ1) is 19.0. The summed E-state index contributed by atoms with van der Waals surface area (Å²) in [5.74, 6) is 6.98. The van der Waals surface area contributed by atoms with Crippen LogP contribution in [0.1, 0.15) is 34.0 Å². The van der Waals surface area contributed by atoms with E-state index in [1.807, 2.05) is 38.1 Å². The fourth-order valence-electron chi connectivity index (χ4n) is 4.42. The van der Waals surface area contributed by atoms with Crippen molar-refractivity contribution in [2.24, 2.45) is 0 Å². The summed E-state index contributed by atoms with van der Waals surface area (Å²) in [4.78, 5) is 32.3. The second-order valence-corrected chi connectivity index (χ2v) is 10.4. The SMILES string of the molecule is Cc1ncoc1Cn1c(=O)c(C#Cc2ncsc2C)cc2cnc(Nc3ccc(NC4CCNC4)cc3)nc21. The van der Waals surface area contributed by atoms with E-state index in [-0.39, 0.29) is 12.1 Å². The number of aromatic nitrogens is 5. The van der Waals surface area contributed by atoms with Crippen LogP contribution in [0.5, 0.6) is 0 Å². The van der Waals surface area contributed by atoms with E-state index in [0.29, 0.717) is 45.7 Å². The third-order valence-electron chi connectivity index (χ3n) is 6.61. The number of aryl methyl sites for hydroxylation is 2. The zero-order chi connectivity index (χ0) is 26.8. The molecule has 1 fully saturated rings. The summed E-state index contributed by atoms with van der Waals surface area (Å²) in [6, 6.07) is 10.2. The molecule has 1 aliphatic heterocycles. The first-order valence-electron chi connectivity index (χ1n) is 12.6. The molecular formula is C28H26N8O2S. The van der Waals surface area contributed by atoms with Gasteiger partial charge in [0.15, 0.2) is 6.39 Å². The maximum absolute atomic E-state index is 13.6. The Morgan fingerprint density at radius 3 is 2.72 bits per heavy atom. The number of thiazole rings is 1. The predicted molar refractivity (Wildman–Crippen MR) is 152 cm³/mol. The highest BCUT2D eigenvalue weighted by Crippen LogP contribution is 2.21. The van der Waals surface area contributed by atoms with Gasteiger partial charge in [0.05, 0.1) is 23.3 Å². The van der Waals surface area contributed by atoms with Gasteiger partial charge in [0.25, 0.3) is 5.56 Å². The lowest BCUT2D eigenvalue weighted by atomic mass is 10.2. The average molecular weight is 539 g/mol. The van der Waals surface area contributed by atoms with Crippen molar-refractivity contribution in [2.75, 3.05) is 23.7 Å². The number of hydrogen-bond acceptors (Lipinski definition) is 10. The number of pyridine rings is 1. The summed E-state index contributed by atoms with van der Waals surface area (Å²) in [6.45, 7) is 5.96. The van der Waals surface area contributed by atoms with E-state index in [1.165, 1.54) is 17.7 Å². The van der Waals surface area contributed by atoms with Gasteiger partial charge in [0.2, 0.25) is 5.95 Å². The van der Waals surface area contributed by atoms with Crippen LogP contribution >= 0.6 is 11.3 Å². The summed E-state index contributed by atoms with van der Waals surface area (Å²) in [7, 11) is 0. The molecule has 4 aromatic heterocycles. The van der Waals surface area contributed by atoms with Crippen molar-refractivity contribution in [3.63, 3.8) is 0 Å². The zero-order valence-electron chi connectivity index (χ0n) is 21.5. The number of fused-ring (bicyclic) bond motifs is 1. The highest BCUT2D eigenvalue weighted by Gasteiger charge is 2.16. The van der Waals surface area contributed by atoms with Crippen molar-refractivity contribution in [1.82, 2.24) is 29.8 Å². The van der Waals surface area contributed by atoms with Crippen molar-refractivity contribution in [2.45, 2.75) is 32.9 Å². The van der Waals surface area contributed by atoms with Gasteiger partial charge in [-0.05, 0) is 63.1 Å². The molecule has 196 valence electrons. The quantitative estimate of drug-likeness (QED) is 0.277. The van der Waals surface area contributed by atoms with E-state index in [0.717, 1.165) is 35.8 Å². The average Bonchev–Trinajstić information content (AvgIpc) is 3.70.